The Labute approximate surface area is 157 Å². The van der Waals surface area contributed by atoms with E-state index in [1.54, 1.807) is 6.20 Å². The minimum Gasteiger partial charge on any atom is -0.346 e. The third-order valence-corrected chi connectivity index (χ3v) is 7.04. The molecule has 2 heterocycles. The zero-order valence-electron chi connectivity index (χ0n) is 14.9. The lowest BCUT2D eigenvalue weighted by molar-refractivity contribution is -0.129. The van der Waals surface area contributed by atoms with E-state index in [0.717, 1.165) is 30.8 Å². The van der Waals surface area contributed by atoms with E-state index in [-0.39, 0.29) is 35.9 Å². The highest BCUT2D eigenvalue weighted by Crippen LogP contribution is 2.40. The summed E-state index contributed by atoms with van der Waals surface area (Å²) in [4.78, 5) is 17.0. The Kier molecular flexibility index (Phi) is 4.51. The molecule has 1 amide bonds. The SMILES string of the molecule is Cn1ccnc1[C@@H](NC(=O)C1CN(S(=O)(=O)c2ccc(F)cc2)C1)C1CC1. The van der Waals surface area contributed by atoms with Crippen LogP contribution in [0.2, 0.25) is 0 Å². The summed E-state index contributed by atoms with van der Waals surface area (Å²) in [5.41, 5.74) is 0. The molecular formula is C18H21FN4O3S. The Morgan fingerprint density at radius 2 is 1.93 bits per heavy atom. The van der Waals surface area contributed by atoms with Crippen molar-refractivity contribution in [3.05, 3.63) is 48.3 Å². The highest BCUT2D eigenvalue weighted by molar-refractivity contribution is 7.89. The fraction of sp³-hybridized carbons (Fsp3) is 0.444. The molecule has 4 rings (SSSR count). The quantitative estimate of drug-likeness (QED) is 0.806. The Morgan fingerprint density at radius 3 is 2.48 bits per heavy atom. The van der Waals surface area contributed by atoms with E-state index in [4.69, 9.17) is 0 Å². The second kappa shape index (κ2) is 6.72. The van der Waals surface area contributed by atoms with Gasteiger partial charge in [-0.15, -0.1) is 0 Å². The topological polar surface area (TPSA) is 84.3 Å². The summed E-state index contributed by atoms with van der Waals surface area (Å²) in [6, 6.07) is 4.57. The van der Waals surface area contributed by atoms with Gasteiger partial charge in [0.05, 0.1) is 16.9 Å². The Balaban J connectivity index is 1.39. The number of hydrogen-bond donors (Lipinski definition) is 1. The number of nitrogens with zero attached hydrogens (tertiary/aromatic N) is 3. The lowest BCUT2D eigenvalue weighted by Gasteiger charge is -2.37. The van der Waals surface area contributed by atoms with Crippen LogP contribution in [0.1, 0.15) is 24.7 Å². The van der Waals surface area contributed by atoms with Crippen LogP contribution >= 0.6 is 0 Å². The molecule has 0 radical (unpaired) electrons. The number of sulfonamides is 1. The average Bonchev–Trinajstić information content (AvgIpc) is 3.33. The molecule has 1 saturated carbocycles. The molecule has 27 heavy (non-hydrogen) atoms. The van der Waals surface area contributed by atoms with E-state index in [9.17, 15) is 17.6 Å². The molecule has 9 heteroatoms. The van der Waals surface area contributed by atoms with Crippen molar-refractivity contribution in [1.29, 1.82) is 0 Å². The van der Waals surface area contributed by atoms with Crippen molar-refractivity contribution in [2.45, 2.75) is 23.8 Å². The number of benzene rings is 1. The van der Waals surface area contributed by atoms with Gasteiger partial charge in [-0.25, -0.2) is 17.8 Å². The second-order valence-electron chi connectivity index (χ2n) is 7.19. The van der Waals surface area contributed by atoms with E-state index in [0.29, 0.717) is 5.92 Å². The fourth-order valence-electron chi connectivity index (χ4n) is 3.33. The van der Waals surface area contributed by atoms with Crippen LogP contribution in [0.15, 0.2) is 41.6 Å². The van der Waals surface area contributed by atoms with Crippen LogP contribution in [-0.4, -0.2) is 41.3 Å². The van der Waals surface area contributed by atoms with Crippen LogP contribution in [0.4, 0.5) is 4.39 Å². The minimum absolute atomic E-state index is 0.0339. The summed E-state index contributed by atoms with van der Waals surface area (Å²) in [6.45, 7) is 0.257. The number of carbonyl (C=O) groups excluding carboxylic acids is 1. The first kappa shape index (κ1) is 18.1. The summed E-state index contributed by atoms with van der Waals surface area (Å²) in [6.07, 6.45) is 5.65. The van der Waals surface area contributed by atoms with Gasteiger partial charge in [-0.1, -0.05) is 0 Å². The lowest BCUT2D eigenvalue weighted by atomic mass is 10.0. The third-order valence-electron chi connectivity index (χ3n) is 5.20. The third kappa shape index (κ3) is 3.49. The zero-order chi connectivity index (χ0) is 19.2. The van der Waals surface area contributed by atoms with Gasteiger partial charge in [-0.3, -0.25) is 4.79 Å². The van der Waals surface area contributed by atoms with E-state index in [1.165, 1.54) is 16.4 Å². The molecule has 1 aromatic carbocycles. The van der Waals surface area contributed by atoms with Crippen molar-refractivity contribution in [2.24, 2.45) is 18.9 Å². The summed E-state index contributed by atoms with van der Waals surface area (Å²) in [5, 5.41) is 3.05. The molecule has 7 nitrogen and oxygen atoms in total. The van der Waals surface area contributed by atoms with Crippen molar-refractivity contribution in [3.63, 3.8) is 0 Å². The summed E-state index contributed by atoms with van der Waals surface area (Å²) >= 11 is 0. The molecule has 1 N–H and O–H groups in total. The van der Waals surface area contributed by atoms with Crippen LogP contribution in [0.5, 0.6) is 0 Å². The smallest absolute Gasteiger partial charge is 0.243 e. The zero-order valence-corrected chi connectivity index (χ0v) is 15.7. The Morgan fingerprint density at radius 1 is 1.26 bits per heavy atom. The molecule has 0 bridgehead atoms. The van der Waals surface area contributed by atoms with Gasteiger partial charge < -0.3 is 9.88 Å². The molecular weight excluding hydrogens is 371 g/mol. The molecule has 2 fully saturated rings. The minimum atomic E-state index is -3.70. The van der Waals surface area contributed by atoms with Crippen molar-refractivity contribution in [3.8, 4) is 0 Å². The molecule has 1 atom stereocenters. The molecule has 1 aliphatic carbocycles. The number of halogens is 1. The van der Waals surface area contributed by atoms with Crippen molar-refractivity contribution in [2.75, 3.05) is 13.1 Å². The van der Waals surface area contributed by atoms with Crippen molar-refractivity contribution in [1.82, 2.24) is 19.2 Å². The predicted octanol–water partition coefficient (Wildman–Crippen LogP) is 1.45. The fourth-order valence-corrected chi connectivity index (χ4v) is 4.86. The molecule has 2 aromatic rings. The Hall–Kier alpha value is -2.26. The number of imidazole rings is 1. The van der Waals surface area contributed by atoms with Gasteiger partial charge in [0, 0.05) is 32.5 Å². The molecule has 1 aromatic heterocycles. The number of hydrogen-bond acceptors (Lipinski definition) is 4. The van der Waals surface area contributed by atoms with Crippen LogP contribution in [0.3, 0.4) is 0 Å². The molecule has 144 valence electrons. The van der Waals surface area contributed by atoms with Crippen LogP contribution in [0.25, 0.3) is 0 Å². The number of amides is 1. The highest BCUT2D eigenvalue weighted by atomic mass is 32.2. The lowest BCUT2D eigenvalue weighted by Crippen LogP contribution is -2.56. The van der Waals surface area contributed by atoms with Gasteiger partial charge in [-0.2, -0.15) is 4.31 Å². The monoisotopic (exact) mass is 392 g/mol. The van der Waals surface area contributed by atoms with Crippen LogP contribution in [0, 0.1) is 17.7 Å². The molecule has 1 saturated heterocycles. The van der Waals surface area contributed by atoms with Gasteiger partial charge in [0.2, 0.25) is 15.9 Å². The number of aryl methyl sites for hydroxylation is 1. The summed E-state index contributed by atoms with van der Waals surface area (Å²) in [5.74, 6) is 0.174. The second-order valence-corrected chi connectivity index (χ2v) is 9.13. The molecule has 1 aliphatic heterocycles. The van der Waals surface area contributed by atoms with Gasteiger partial charge >= 0.3 is 0 Å². The van der Waals surface area contributed by atoms with Gasteiger partial charge in [-0.05, 0) is 43.0 Å². The molecule has 0 spiro atoms. The van der Waals surface area contributed by atoms with Gasteiger partial charge in [0.25, 0.3) is 0 Å². The number of aromatic nitrogens is 2. The van der Waals surface area contributed by atoms with E-state index in [2.05, 4.69) is 10.3 Å². The number of rotatable bonds is 6. The van der Waals surface area contributed by atoms with Crippen LogP contribution in [-0.2, 0) is 21.9 Å². The first-order valence-electron chi connectivity index (χ1n) is 8.89. The standard InChI is InChI=1S/C18H21FN4O3S/c1-22-9-8-20-17(22)16(12-2-3-12)21-18(24)13-10-23(11-13)27(25,26)15-6-4-14(19)5-7-15/h4-9,12-13,16H,2-3,10-11H2,1H3,(H,21,24)/t16-/m0/s1. The largest absolute Gasteiger partial charge is 0.346 e. The van der Waals surface area contributed by atoms with E-state index < -0.39 is 15.8 Å². The number of nitrogens with one attached hydrogen (secondary N) is 1. The first-order valence-corrected chi connectivity index (χ1v) is 10.3. The highest BCUT2D eigenvalue weighted by Gasteiger charge is 2.43. The maximum atomic E-state index is 13.0. The first-order chi connectivity index (χ1) is 12.9. The van der Waals surface area contributed by atoms with Crippen LogP contribution < -0.4 is 5.32 Å². The summed E-state index contributed by atoms with van der Waals surface area (Å²) in [7, 11) is -1.80. The maximum absolute atomic E-state index is 13.0. The average molecular weight is 392 g/mol. The number of carbonyl (C=O) groups is 1. The van der Waals surface area contributed by atoms with Gasteiger partial charge in [0.1, 0.15) is 11.6 Å². The normalized spacial score (nSPS) is 19.5. The van der Waals surface area contributed by atoms with E-state index >= 15 is 0 Å². The Bertz CT molecular complexity index is 947. The molecule has 0 unspecified atom stereocenters. The summed E-state index contributed by atoms with van der Waals surface area (Å²) < 4.78 is 41.2. The van der Waals surface area contributed by atoms with Gasteiger partial charge in [0.15, 0.2) is 0 Å². The van der Waals surface area contributed by atoms with Crippen molar-refractivity contribution >= 4 is 15.9 Å². The predicted molar refractivity (Wildman–Crippen MR) is 95.5 cm³/mol. The van der Waals surface area contributed by atoms with Crippen molar-refractivity contribution < 1.29 is 17.6 Å². The molecule has 2 aliphatic rings. The van der Waals surface area contributed by atoms with E-state index in [1.807, 2.05) is 17.8 Å². The maximum Gasteiger partial charge on any atom is 0.243 e.